The van der Waals surface area contributed by atoms with Crippen LogP contribution in [0.2, 0.25) is 0 Å². The van der Waals surface area contributed by atoms with E-state index in [1.165, 1.54) is 44.5 Å². The average Bonchev–Trinajstić information content (AvgIpc) is 4.05. The van der Waals surface area contributed by atoms with Gasteiger partial charge >= 0.3 is 26.2 Å². The third-order valence-electron chi connectivity index (χ3n) is 12.7. The summed E-state index contributed by atoms with van der Waals surface area (Å²) in [6.07, 6.45) is 18.9. The van der Waals surface area contributed by atoms with Gasteiger partial charge < -0.3 is 39.6 Å². The van der Waals surface area contributed by atoms with Crippen LogP contribution in [-0.2, 0) is 45.4 Å². The molecule has 0 saturated carbocycles. The van der Waals surface area contributed by atoms with Gasteiger partial charge in [-0.2, -0.15) is 0 Å². The Morgan fingerprint density at radius 2 is 0.523 bits per heavy atom. The summed E-state index contributed by atoms with van der Waals surface area (Å²) in [5, 5.41) is 43.9. The number of benzene rings is 4. The van der Waals surface area contributed by atoms with Crippen molar-refractivity contribution in [2.24, 2.45) is 21.7 Å². The number of carbonyl (C=O) groups excluding carboxylic acids is 4. The van der Waals surface area contributed by atoms with E-state index in [4.69, 9.17) is 0 Å². The second-order valence-corrected chi connectivity index (χ2v) is 19.9. The molecule has 65 heavy (non-hydrogen) atoms. The van der Waals surface area contributed by atoms with Crippen molar-refractivity contribution in [3.05, 3.63) is 166 Å². The van der Waals surface area contributed by atoms with E-state index in [-0.39, 0.29) is 49.9 Å². The molecule has 0 bridgehead atoms. The zero-order valence-electron chi connectivity index (χ0n) is 38.8. The number of fused-ring (bicyclic) bond motifs is 4. The van der Waals surface area contributed by atoms with E-state index in [9.17, 15) is 39.6 Å². The molecule has 9 heteroatoms. The van der Waals surface area contributed by atoms with Crippen LogP contribution < -0.4 is 20.4 Å². The fraction of sp³-hybridized carbons (Fsp3) is 0.357. The molecular formula is C56H60O8Zr. The molecule has 8 nitrogen and oxygen atoms in total. The molecule has 4 aromatic carbocycles. The molecule has 4 aliphatic rings. The van der Waals surface area contributed by atoms with E-state index in [1.54, 1.807) is 55.4 Å². The molecular weight excluding hydrogens is 892 g/mol. The largest absolute Gasteiger partial charge is 4.00 e. The summed E-state index contributed by atoms with van der Waals surface area (Å²) < 4.78 is 0. The Bertz CT molecular complexity index is 2120. The van der Waals surface area contributed by atoms with Crippen LogP contribution in [0.4, 0.5) is 0 Å². The van der Waals surface area contributed by atoms with Gasteiger partial charge in [0.15, 0.2) is 0 Å². The fourth-order valence-electron chi connectivity index (χ4n) is 8.54. The third kappa shape index (κ3) is 13.3. The molecule has 336 valence electrons. The summed E-state index contributed by atoms with van der Waals surface area (Å²) in [4.78, 5) is 43.9. The van der Waals surface area contributed by atoms with Crippen LogP contribution in [0.1, 0.15) is 149 Å². The Balaban J connectivity index is 0.000000189. The summed E-state index contributed by atoms with van der Waals surface area (Å²) in [6, 6.07) is 32.4. The summed E-state index contributed by atoms with van der Waals surface area (Å²) in [7, 11) is 0. The molecule has 0 saturated heterocycles. The van der Waals surface area contributed by atoms with Gasteiger partial charge in [0.05, 0.1) is 0 Å². The first-order valence-corrected chi connectivity index (χ1v) is 22.0. The Labute approximate surface area is 404 Å². The van der Waals surface area contributed by atoms with E-state index in [0.29, 0.717) is 25.7 Å². The zero-order chi connectivity index (χ0) is 47.0. The van der Waals surface area contributed by atoms with Crippen LogP contribution >= 0.6 is 0 Å². The maximum absolute atomic E-state index is 11.0. The van der Waals surface area contributed by atoms with Gasteiger partial charge in [-0.15, -0.1) is 0 Å². The molecule has 0 amide bonds. The Morgan fingerprint density at radius 3 is 0.692 bits per heavy atom. The Morgan fingerprint density at radius 1 is 0.354 bits per heavy atom. The van der Waals surface area contributed by atoms with Crippen molar-refractivity contribution in [3.8, 4) is 0 Å². The van der Waals surface area contributed by atoms with Crippen LogP contribution in [-0.4, -0.2) is 23.9 Å². The normalized spacial score (nSPS) is 18.2. The summed E-state index contributed by atoms with van der Waals surface area (Å²) in [5.41, 5.74) is 6.52. The molecule has 0 aliphatic heterocycles. The molecule has 0 heterocycles. The van der Waals surface area contributed by atoms with Crippen molar-refractivity contribution < 1.29 is 65.8 Å². The monoisotopic (exact) mass is 950 g/mol. The summed E-state index contributed by atoms with van der Waals surface area (Å²) >= 11 is 0. The van der Waals surface area contributed by atoms with E-state index >= 15 is 0 Å². The van der Waals surface area contributed by atoms with Crippen molar-refractivity contribution in [2.45, 2.75) is 105 Å². The first kappa shape index (κ1) is 52.2. The van der Waals surface area contributed by atoms with Gasteiger partial charge in [-0.3, -0.25) is 0 Å². The van der Waals surface area contributed by atoms with E-state index < -0.39 is 45.5 Å². The maximum atomic E-state index is 11.0. The van der Waals surface area contributed by atoms with E-state index in [0.717, 1.165) is 0 Å². The minimum atomic E-state index is -0.981. The summed E-state index contributed by atoms with van der Waals surface area (Å²) in [5.74, 6) is -3.13. The second-order valence-electron chi connectivity index (χ2n) is 19.9. The third-order valence-corrected chi connectivity index (χ3v) is 12.7. The average molecular weight is 952 g/mol. The standard InChI is InChI=1S/4C14H16O2.Zr/c4*1-14(2,13(15)16)9-11-8-7-10-5-3-4-6-12(10)11;/h4*3-8,11H,9H2,1-2H3,(H,15,16);/q;;;;+4/p-4. The van der Waals surface area contributed by atoms with Crippen molar-refractivity contribution in [2.75, 3.05) is 0 Å². The first-order valence-electron chi connectivity index (χ1n) is 22.0. The van der Waals surface area contributed by atoms with Crippen molar-refractivity contribution >= 4 is 48.2 Å². The molecule has 0 aromatic heterocycles. The number of hydrogen-bond acceptors (Lipinski definition) is 8. The van der Waals surface area contributed by atoms with Gasteiger partial charge in [0.2, 0.25) is 0 Å². The van der Waals surface area contributed by atoms with E-state index in [2.05, 4.69) is 97.1 Å². The van der Waals surface area contributed by atoms with Gasteiger partial charge in [0, 0.05) is 69.2 Å². The van der Waals surface area contributed by atoms with E-state index in [1.807, 2.05) is 48.5 Å². The zero-order valence-corrected chi connectivity index (χ0v) is 41.2. The smallest absolute Gasteiger partial charge is 0.550 e. The number of hydrogen-bond donors (Lipinski definition) is 0. The van der Waals surface area contributed by atoms with Crippen LogP contribution in [0.5, 0.6) is 0 Å². The number of carbonyl (C=O) groups is 4. The van der Waals surface area contributed by atoms with Crippen LogP contribution in [0.15, 0.2) is 121 Å². The molecule has 0 N–H and O–H groups in total. The molecule has 0 fully saturated rings. The molecule has 4 atom stereocenters. The quantitative estimate of drug-likeness (QED) is 0.139. The fourth-order valence-corrected chi connectivity index (χ4v) is 8.54. The van der Waals surface area contributed by atoms with Crippen molar-refractivity contribution in [1.29, 1.82) is 0 Å². The SMILES string of the molecule is CC(C)(CC1C=Cc2ccccc21)C(=O)[O-].CC(C)(CC1C=Cc2ccccc21)C(=O)[O-].CC(C)(CC1C=Cc2ccccc21)C(=O)[O-].CC(C)(CC1C=Cc2ccccc21)C(=O)[O-].[Zr+4]. The topological polar surface area (TPSA) is 161 Å². The minimum absolute atomic E-state index is 0. The number of aliphatic carboxylic acids is 4. The predicted octanol–water partition coefficient (Wildman–Crippen LogP) is 7.85. The van der Waals surface area contributed by atoms with Gasteiger partial charge in [-0.1, -0.05) is 201 Å². The van der Waals surface area contributed by atoms with Crippen LogP contribution in [0.25, 0.3) is 24.3 Å². The van der Waals surface area contributed by atoms with Gasteiger partial charge in [-0.25, -0.2) is 0 Å². The number of allylic oxidation sites excluding steroid dienone is 4. The predicted molar refractivity (Wildman–Crippen MR) is 246 cm³/mol. The van der Waals surface area contributed by atoms with Gasteiger partial charge in [0.1, 0.15) is 0 Å². The van der Waals surface area contributed by atoms with Crippen molar-refractivity contribution in [3.63, 3.8) is 0 Å². The molecule has 8 rings (SSSR count). The molecule has 0 radical (unpaired) electrons. The van der Waals surface area contributed by atoms with Crippen LogP contribution in [0, 0.1) is 21.7 Å². The Kier molecular flexibility index (Phi) is 17.5. The number of carboxylic acid groups (broad SMARTS) is 4. The first-order chi connectivity index (χ1) is 30.0. The maximum Gasteiger partial charge on any atom is 4.00 e. The van der Waals surface area contributed by atoms with Gasteiger partial charge in [0.25, 0.3) is 0 Å². The van der Waals surface area contributed by atoms with Crippen molar-refractivity contribution in [1.82, 2.24) is 0 Å². The molecule has 4 unspecified atom stereocenters. The summed E-state index contributed by atoms with van der Waals surface area (Å²) in [6.45, 7) is 13.8. The number of carboxylic acids is 4. The molecule has 0 spiro atoms. The molecule has 4 aromatic rings. The van der Waals surface area contributed by atoms with Crippen LogP contribution in [0.3, 0.4) is 0 Å². The Hall–Kier alpha value is -5.40. The number of rotatable bonds is 12. The molecule has 4 aliphatic carbocycles. The second kappa shape index (κ2) is 21.7. The van der Waals surface area contributed by atoms with Gasteiger partial charge in [-0.05, 0) is 70.2 Å². The minimum Gasteiger partial charge on any atom is -0.550 e.